The topological polar surface area (TPSA) is 86.2 Å². The van der Waals surface area contributed by atoms with Crippen molar-refractivity contribution in [2.24, 2.45) is 11.5 Å². The standard InChI is InChI=1S/C6H9N2O2/c1-4(9)5(7)2-3-6(8)10/h5H,2-3,7H2,(H2,8,10)/t5-/m0/s1. The van der Waals surface area contributed by atoms with E-state index < -0.39 is 17.7 Å². The van der Waals surface area contributed by atoms with E-state index in [9.17, 15) is 9.59 Å². The highest BCUT2D eigenvalue weighted by atomic mass is 16.1. The smallest absolute Gasteiger partial charge is 0.217 e. The molecular weight excluding hydrogens is 132 g/mol. The Morgan fingerprint density at radius 2 is 2.00 bits per heavy atom. The van der Waals surface area contributed by atoms with E-state index in [0.29, 0.717) is 0 Å². The first-order valence-corrected chi connectivity index (χ1v) is 2.83. The fraction of sp³-hybridized carbons (Fsp3) is 0.500. The molecule has 55 valence electrons. The molecule has 0 saturated heterocycles. The second-order valence-corrected chi connectivity index (χ2v) is 1.98. The van der Waals surface area contributed by atoms with Gasteiger partial charge >= 0.3 is 0 Å². The monoisotopic (exact) mass is 141 g/mol. The number of hydrogen-bond donors (Lipinski definition) is 2. The molecule has 0 aromatic carbocycles. The Hall–Kier alpha value is -0.900. The summed E-state index contributed by atoms with van der Waals surface area (Å²) in [5.41, 5.74) is 9.89. The Balaban J connectivity index is 3.49. The maximum Gasteiger partial charge on any atom is 0.217 e. The minimum absolute atomic E-state index is 0.0613. The number of rotatable bonds is 4. The van der Waals surface area contributed by atoms with Crippen molar-refractivity contribution in [1.82, 2.24) is 0 Å². The maximum atomic E-state index is 10.1. The molecule has 0 aromatic rings. The summed E-state index contributed by atoms with van der Waals surface area (Å²) in [5, 5.41) is 0. The van der Waals surface area contributed by atoms with Gasteiger partial charge in [0.1, 0.15) is 0 Å². The summed E-state index contributed by atoms with van der Waals surface area (Å²) < 4.78 is 0. The van der Waals surface area contributed by atoms with Crippen LogP contribution in [0, 0.1) is 6.92 Å². The van der Waals surface area contributed by atoms with Gasteiger partial charge in [-0.25, -0.2) is 0 Å². The molecule has 4 N–H and O–H groups in total. The molecule has 3 radical (unpaired) electrons. The molecule has 0 aromatic heterocycles. The Bertz CT molecular complexity index is 145. The fourth-order valence-electron chi connectivity index (χ4n) is 0.429. The van der Waals surface area contributed by atoms with Crippen molar-refractivity contribution in [2.45, 2.75) is 18.9 Å². The van der Waals surface area contributed by atoms with E-state index in [2.05, 4.69) is 0 Å². The molecule has 0 bridgehead atoms. The van der Waals surface area contributed by atoms with Crippen molar-refractivity contribution < 1.29 is 9.59 Å². The number of carbonyl (C=O) groups is 2. The zero-order valence-electron chi connectivity index (χ0n) is 5.46. The largest absolute Gasteiger partial charge is 0.370 e. The third kappa shape index (κ3) is 4.03. The Morgan fingerprint density at radius 1 is 1.50 bits per heavy atom. The number of hydrogen-bond acceptors (Lipinski definition) is 3. The van der Waals surface area contributed by atoms with Crippen molar-refractivity contribution in [2.75, 3.05) is 0 Å². The van der Waals surface area contributed by atoms with E-state index in [-0.39, 0.29) is 12.8 Å². The van der Waals surface area contributed by atoms with Gasteiger partial charge in [-0.1, -0.05) is 0 Å². The van der Waals surface area contributed by atoms with E-state index in [0.717, 1.165) is 0 Å². The van der Waals surface area contributed by atoms with Gasteiger partial charge in [0.15, 0.2) is 5.78 Å². The quantitative estimate of drug-likeness (QED) is 0.512. The van der Waals surface area contributed by atoms with Gasteiger partial charge in [0.05, 0.1) is 13.0 Å². The molecule has 1 amide bonds. The van der Waals surface area contributed by atoms with Gasteiger partial charge in [0.2, 0.25) is 5.91 Å². The lowest BCUT2D eigenvalue weighted by Gasteiger charge is -2.03. The number of nitrogens with two attached hydrogens (primary N) is 2. The van der Waals surface area contributed by atoms with E-state index in [1.54, 1.807) is 0 Å². The lowest BCUT2D eigenvalue weighted by atomic mass is 10.1. The van der Waals surface area contributed by atoms with Crippen LogP contribution < -0.4 is 11.5 Å². The van der Waals surface area contributed by atoms with Crippen LogP contribution in [0.4, 0.5) is 0 Å². The molecule has 4 nitrogen and oxygen atoms in total. The van der Waals surface area contributed by atoms with E-state index in [1.165, 1.54) is 0 Å². The van der Waals surface area contributed by atoms with Crippen LogP contribution in [-0.4, -0.2) is 17.7 Å². The molecule has 0 rings (SSSR count). The molecule has 0 heterocycles. The highest BCUT2D eigenvalue weighted by molar-refractivity contribution is 5.88. The van der Waals surface area contributed by atoms with Gasteiger partial charge in [-0.05, 0) is 6.42 Å². The first-order chi connectivity index (χ1) is 4.54. The van der Waals surface area contributed by atoms with Gasteiger partial charge in [-0.3, -0.25) is 9.59 Å². The van der Waals surface area contributed by atoms with Crippen molar-refractivity contribution in [1.29, 1.82) is 0 Å². The summed E-state index contributed by atoms with van der Waals surface area (Å²) in [5.74, 6) is -1.36. The molecule has 0 saturated carbocycles. The van der Waals surface area contributed by atoms with Crippen LogP contribution >= 0.6 is 0 Å². The van der Waals surface area contributed by atoms with Crippen LogP contribution in [0.3, 0.4) is 0 Å². The van der Waals surface area contributed by atoms with Gasteiger partial charge < -0.3 is 11.5 Å². The molecule has 0 aliphatic rings. The normalized spacial score (nSPS) is 12.6. The summed E-state index contributed by atoms with van der Waals surface area (Å²) in [6.45, 7) is 6.51. The average Bonchev–Trinajstić information content (AvgIpc) is 1.82. The highest BCUT2D eigenvalue weighted by Crippen LogP contribution is 1.93. The van der Waals surface area contributed by atoms with Crippen LogP contribution in [0.2, 0.25) is 0 Å². The minimum Gasteiger partial charge on any atom is -0.370 e. The van der Waals surface area contributed by atoms with Crippen molar-refractivity contribution in [3.8, 4) is 0 Å². The lowest BCUT2D eigenvalue weighted by molar-refractivity contribution is -0.118. The van der Waals surface area contributed by atoms with Gasteiger partial charge in [-0.15, -0.1) is 0 Å². The molecule has 0 aliphatic carbocycles. The van der Waals surface area contributed by atoms with Gasteiger partial charge in [0.25, 0.3) is 0 Å². The van der Waals surface area contributed by atoms with Crippen LogP contribution in [-0.2, 0) is 9.59 Å². The summed E-state index contributed by atoms with van der Waals surface area (Å²) in [7, 11) is 0. The van der Waals surface area contributed by atoms with Crippen LogP contribution in [0.1, 0.15) is 12.8 Å². The summed E-state index contributed by atoms with van der Waals surface area (Å²) in [6.07, 6.45) is 0.226. The van der Waals surface area contributed by atoms with Crippen LogP contribution in [0.15, 0.2) is 0 Å². The van der Waals surface area contributed by atoms with E-state index in [1.807, 2.05) is 0 Å². The second-order valence-electron chi connectivity index (χ2n) is 1.98. The van der Waals surface area contributed by atoms with Gasteiger partial charge in [0, 0.05) is 6.42 Å². The molecule has 10 heavy (non-hydrogen) atoms. The predicted octanol–water partition coefficient (Wildman–Crippen LogP) is -1.26. The van der Waals surface area contributed by atoms with Crippen molar-refractivity contribution >= 4 is 11.7 Å². The molecule has 0 fully saturated rings. The first-order valence-electron chi connectivity index (χ1n) is 2.83. The molecule has 0 spiro atoms. The zero-order chi connectivity index (χ0) is 8.15. The lowest BCUT2D eigenvalue weighted by Crippen LogP contribution is -2.29. The summed E-state index contributed by atoms with van der Waals surface area (Å²) in [6, 6.07) is -0.868. The van der Waals surface area contributed by atoms with Crippen molar-refractivity contribution in [3.63, 3.8) is 0 Å². The number of primary amides is 1. The summed E-state index contributed by atoms with van der Waals surface area (Å²) >= 11 is 0. The Morgan fingerprint density at radius 3 is 2.30 bits per heavy atom. The maximum absolute atomic E-state index is 10.1. The highest BCUT2D eigenvalue weighted by Gasteiger charge is 2.08. The number of amides is 1. The van der Waals surface area contributed by atoms with Crippen LogP contribution in [0.5, 0.6) is 0 Å². The third-order valence-electron chi connectivity index (χ3n) is 1.04. The fourth-order valence-corrected chi connectivity index (χ4v) is 0.429. The van der Waals surface area contributed by atoms with E-state index in [4.69, 9.17) is 18.4 Å². The number of carbonyl (C=O) groups excluding carboxylic acids is 2. The van der Waals surface area contributed by atoms with E-state index >= 15 is 0 Å². The molecule has 0 aliphatic heterocycles. The minimum atomic E-state index is -0.868. The second kappa shape index (κ2) is 4.00. The molecule has 0 unspecified atom stereocenters. The number of Topliss-reactive ketones (excluding diaryl/α,β-unsaturated/α-hetero) is 1. The SMILES string of the molecule is [C]C(=O)[C@@H](N)CCC(N)=O. The Labute approximate surface area is 59.6 Å². The van der Waals surface area contributed by atoms with Crippen LogP contribution in [0.25, 0.3) is 0 Å². The zero-order valence-corrected chi connectivity index (χ0v) is 5.46. The van der Waals surface area contributed by atoms with Gasteiger partial charge in [-0.2, -0.15) is 0 Å². The average molecular weight is 141 g/mol. The van der Waals surface area contributed by atoms with Crippen molar-refractivity contribution in [3.05, 3.63) is 6.92 Å². The Kier molecular flexibility index (Phi) is 3.64. The molecule has 1 atom stereocenters. The third-order valence-corrected chi connectivity index (χ3v) is 1.04. The number of ketones is 1. The first kappa shape index (κ1) is 9.10. The molecular formula is C6H9N2O2. The predicted molar refractivity (Wildman–Crippen MR) is 34.7 cm³/mol. The summed E-state index contributed by atoms with van der Waals surface area (Å²) in [4.78, 5) is 20.3. The molecule has 4 heteroatoms.